The van der Waals surface area contributed by atoms with Crippen molar-refractivity contribution in [2.24, 2.45) is 5.73 Å². The molecular formula is C12H17NS. The van der Waals surface area contributed by atoms with E-state index in [4.69, 9.17) is 5.73 Å². The SMILES string of the molecule is CCC(N)CC1CSc2ccccc21. The molecule has 0 amide bonds. The first-order chi connectivity index (χ1) is 6.81. The molecule has 2 atom stereocenters. The van der Waals surface area contributed by atoms with Gasteiger partial charge in [-0.05, 0) is 30.4 Å². The standard InChI is InChI=1S/C12H17NS/c1-2-10(13)7-9-8-14-12-6-4-3-5-11(9)12/h3-6,9-10H,2,7-8,13H2,1H3. The normalized spacial score (nSPS) is 22.0. The number of benzene rings is 1. The molecule has 2 heteroatoms. The van der Waals surface area contributed by atoms with Crippen molar-refractivity contribution in [3.05, 3.63) is 29.8 Å². The summed E-state index contributed by atoms with van der Waals surface area (Å²) in [5.74, 6) is 1.90. The fourth-order valence-corrected chi connectivity index (χ4v) is 3.23. The zero-order valence-corrected chi connectivity index (χ0v) is 9.39. The highest BCUT2D eigenvalue weighted by atomic mass is 32.2. The van der Waals surface area contributed by atoms with Crippen molar-refractivity contribution in [2.45, 2.75) is 36.6 Å². The van der Waals surface area contributed by atoms with E-state index >= 15 is 0 Å². The molecule has 2 N–H and O–H groups in total. The van der Waals surface area contributed by atoms with E-state index in [0.717, 1.165) is 12.8 Å². The molecule has 1 aromatic carbocycles. The Morgan fingerprint density at radius 2 is 2.29 bits per heavy atom. The maximum atomic E-state index is 6.00. The van der Waals surface area contributed by atoms with Gasteiger partial charge in [-0.2, -0.15) is 0 Å². The van der Waals surface area contributed by atoms with Crippen LogP contribution in [0.2, 0.25) is 0 Å². The minimum atomic E-state index is 0.367. The summed E-state index contributed by atoms with van der Waals surface area (Å²) in [6, 6.07) is 9.09. The molecule has 0 saturated carbocycles. The van der Waals surface area contributed by atoms with Crippen molar-refractivity contribution in [1.29, 1.82) is 0 Å². The molecule has 1 heterocycles. The van der Waals surface area contributed by atoms with Gasteiger partial charge >= 0.3 is 0 Å². The second-order valence-corrected chi connectivity index (χ2v) is 5.01. The zero-order chi connectivity index (χ0) is 9.97. The van der Waals surface area contributed by atoms with Crippen molar-refractivity contribution in [2.75, 3.05) is 5.75 Å². The topological polar surface area (TPSA) is 26.0 Å². The van der Waals surface area contributed by atoms with Crippen molar-refractivity contribution >= 4 is 11.8 Å². The Morgan fingerprint density at radius 3 is 3.07 bits per heavy atom. The first kappa shape index (κ1) is 10.1. The summed E-state index contributed by atoms with van der Waals surface area (Å²) in [5, 5.41) is 0. The third-order valence-electron chi connectivity index (χ3n) is 2.91. The van der Waals surface area contributed by atoms with E-state index in [0.29, 0.717) is 12.0 Å². The van der Waals surface area contributed by atoms with Crippen molar-refractivity contribution < 1.29 is 0 Å². The van der Waals surface area contributed by atoms with Crippen LogP contribution in [-0.2, 0) is 0 Å². The summed E-state index contributed by atoms with van der Waals surface area (Å²) in [6.45, 7) is 2.17. The second kappa shape index (κ2) is 4.37. The molecule has 0 bridgehead atoms. The Morgan fingerprint density at radius 1 is 1.50 bits per heavy atom. The predicted octanol–water partition coefficient (Wildman–Crippen LogP) is 3.00. The average Bonchev–Trinajstić information content (AvgIpc) is 2.62. The van der Waals surface area contributed by atoms with Crippen LogP contribution in [0.1, 0.15) is 31.2 Å². The van der Waals surface area contributed by atoms with Crippen LogP contribution in [0.15, 0.2) is 29.2 Å². The maximum Gasteiger partial charge on any atom is 0.0107 e. The van der Waals surface area contributed by atoms with Crippen molar-refractivity contribution in [3.8, 4) is 0 Å². The van der Waals surface area contributed by atoms with E-state index < -0.39 is 0 Å². The van der Waals surface area contributed by atoms with Crippen LogP contribution in [-0.4, -0.2) is 11.8 Å². The van der Waals surface area contributed by atoms with Gasteiger partial charge in [-0.25, -0.2) is 0 Å². The molecule has 0 aromatic heterocycles. The summed E-state index contributed by atoms with van der Waals surface area (Å²) in [5.41, 5.74) is 7.52. The molecule has 1 aliphatic heterocycles. The average molecular weight is 207 g/mol. The summed E-state index contributed by atoms with van der Waals surface area (Å²) in [7, 11) is 0. The highest BCUT2D eigenvalue weighted by Gasteiger charge is 2.23. The Balaban J connectivity index is 2.10. The second-order valence-electron chi connectivity index (χ2n) is 3.95. The van der Waals surface area contributed by atoms with Gasteiger partial charge in [-0.1, -0.05) is 25.1 Å². The van der Waals surface area contributed by atoms with Gasteiger partial charge in [0.15, 0.2) is 0 Å². The predicted molar refractivity (Wildman–Crippen MR) is 62.8 cm³/mol. The lowest BCUT2D eigenvalue weighted by Crippen LogP contribution is -2.21. The quantitative estimate of drug-likeness (QED) is 0.824. The Labute approximate surface area is 90.1 Å². The Kier molecular flexibility index (Phi) is 3.14. The number of hydrogen-bond acceptors (Lipinski definition) is 2. The molecule has 1 nitrogen and oxygen atoms in total. The third kappa shape index (κ3) is 1.96. The number of nitrogens with two attached hydrogens (primary N) is 1. The maximum absolute atomic E-state index is 6.00. The molecule has 2 rings (SSSR count). The van der Waals surface area contributed by atoms with E-state index in [1.807, 2.05) is 11.8 Å². The van der Waals surface area contributed by atoms with E-state index in [-0.39, 0.29) is 0 Å². The van der Waals surface area contributed by atoms with Crippen LogP contribution in [0.25, 0.3) is 0 Å². The summed E-state index contributed by atoms with van der Waals surface area (Å²) >= 11 is 1.97. The number of rotatable bonds is 3. The number of thioether (sulfide) groups is 1. The number of fused-ring (bicyclic) bond motifs is 1. The van der Waals surface area contributed by atoms with E-state index in [2.05, 4.69) is 31.2 Å². The van der Waals surface area contributed by atoms with Gasteiger partial charge in [0.05, 0.1) is 0 Å². The number of hydrogen-bond donors (Lipinski definition) is 1. The molecule has 0 fully saturated rings. The smallest absolute Gasteiger partial charge is 0.0107 e. The van der Waals surface area contributed by atoms with E-state index in [1.165, 1.54) is 16.2 Å². The van der Waals surface area contributed by atoms with Crippen LogP contribution in [0, 0.1) is 0 Å². The van der Waals surface area contributed by atoms with Crippen LogP contribution < -0.4 is 5.73 Å². The van der Waals surface area contributed by atoms with E-state index in [9.17, 15) is 0 Å². The van der Waals surface area contributed by atoms with Crippen LogP contribution in [0.3, 0.4) is 0 Å². The van der Waals surface area contributed by atoms with Gasteiger partial charge in [0.25, 0.3) is 0 Å². The lowest BCUT2D eigenvalue weighted by molar-refractivity contribution is 0.544. The summed E-state index contributed by atoms with van der Waals surface area (Å²) in [4.78, 5) is 1.46. The van der Waals surface area contributed by atoms with Crippen LogP contribution in [0.5, 0.6) is 0 Å². The molecular weight excluding hydrogens is 190 g/mol. The largest absolute Gasteiger partial charge is 0.328 e. The molecule has 1 aromatic rings. The lowest BCUT2D eigenvalue weighted by atomic mass is 9.93. The molecule has 0 spiro atoms. The van der Waals surface area contributed by atoms with Crippen LogP contribution in [0.4, 0.5) is 0 Å². The molecule has 76 valence electrons. The monoisotopic (exact) mass is 207 g/mol. The molecule has 0 aliphatic carbocycles. The molecule has 0 saturated heterocycles. The van der Waals surface area contributed by atoms with Gasteiger partial charge < -0.3 is 5.73 Å². The minimum Gasteiger partial charge on any atom is -0.328 e. The van der Waals surface area contributed by atoms with Crippen molar-refractivity contribution in [3.63, 3.8) is 0 Å². The van der Waals surface area contributed by atoms with Gasteiger partial charge in [-0.3, -0.25) is 0 Å². The van der Waals surface area contributed by atoms with Gasteiger partial charge in [0, 0.05) is 16.7 Å². The molecule has 2 unspecified atom stereocenters. The molecule has 14 heavy (non-hydrogen) atoms. The van der Waals surface area contributed by atoms with Crippen LogP contribution >= 0.6 is 11.8 Å². The zero-order valence-electron chi connectivity index (χ0n) is 8.57. The van der Waals surface area contributed by atoms with Gasteiger partial charge in [0.1, 0.15) is 0 Å². The Hall–Kier alpha value is -0.470. The van der Waals surface area contributed by atoms with Gasteiger partial charge in [0.2, 0.25) is 0 Å². The highest BCUT2D eigenvalue weighted by Crippen LogP contribution is 2.41. The molecule has 0 radical (unpaired) electrons. The fourth-order valence-electron chi connectivity index (χ4n) is 1.96. The van der Waals surface area contributed by atoms with Gasteiger partial charge in [-0.15, -0.1) is 11.8 Å². The highest BCUT2D eigenvalue weighted by molar-refractivity contribution is 7.99. The first-order valence-corrected chi connectivity index (χ1v) is 6.27. The van der Waals surface area contributed by atoms with E-state index in [1.54, 1.807) is 0 Å². The lowest BCUT2D eigenvalue weighted by Gasteiger charge is -2.15. The van der Waals surface area contributed by atoms with Crippen molar-refractivity contribution in [1.82, 2.24) is 0 Å². The Bertz CT molecular complexity index is 311. The summed E-state index contributed by atoms with van der Waals surface area (Å²) < 4.78 is 0. The fraction of sp³-hybridized carbons (Fsp3) is 0.500. The third-order valence-corrected chi connectivity index (χ3v) is 4.16. The minimum absolute atomic E-state index is 0.367. The first-order valence-electron chi connectivity index (χ1n) is 5.28. The summed E-state index contributed by atoms with van der Waals surface area (Å²) in [6.07, 6.45) is 2.23. The molecule has 1 aliphatic rings.